The molecule has 3 saturated heterocycles. The fourth-order valence-electron chi connectivity index (χ4n) is 5.32. The van der Waals surface area contributed by atoms with E-state index in [9.17, 15) is 0 Å². The molecule has 6 fully saturated rings. The van der Waals surface area contributed by atoms with Crippen LogP contribution in [0.3, 0.4) is 0 Å². The van der Waals surface area contributed by atoms with Gasteiger partial charge in [0.05, 0.1) is 25.4 Å². The Labute approximate surface area is 136 Å². The average Bonchev–Trinajstić information content (AvgIpc) is 3.53. The van der Waals surface area contributed by atoms with Crippen molar-refractivity contribution in [2.45, 2.75) is 93.8 Å². The third kappa shape index (κ3) is 2.17. The van der Waals surface area contributed by atoms with E-state index in [0.29, 0.717) is 24.4 Å². The fourth-order valence-corrected chi connectivity index (χ4v) is 5.32. The van der Waals surface area contributed by atoms with Crippen LogP contribution in [0.5, 0.6) is 0 Å². The van der Waals surface area contributed by atoms with E-state index in [1.54, 1.807) is 0 Å². The minimum atomic E-state index is -0.238. The summed E-state index contributed by atoms with van der Waals surface area (Å²) in [5, 5.41) is 0. The zero-order valence-electron chi connectivity index (χ0n) is 13.6. The van der Waals surface area contributed by atoms with Crippen molar-refractivity contribution in [3.63, 3.8) is 0 Å². The molecule has 6 atom stereocenters. The largest absolute Gasteiger partial charge is 0.370 e. The molecule has 6 aliphatic rings. The van der Waals surface area contributed by atoms with Crippen LogP contribution < -0.4 is 0 Å². The second-order valence-electron chi connectivity index (χ2n) is 8.65. The predicted molar refractivity (Wildman–Crippen MR) is 79.8 cm³/mol. The van der Waals surface area contributed by atoms with Gasteiger partial charge in [-0.25, -0.2) is 0 Å². The summed E-state index contributed by atoms with van der Waals surface area (Å²) in [4.78, 5) is 0. The van der Waals surface area contributed by atoms with Crippen LogP contribution in [0, 0.1) is 5.41 Å². The van der Waals surface area contributed by atoms with E-state index in [4.69, 9.17) is 23.7 Å². The van der Waals surface area contributed by atoms with Crippen molar-refractivity contribution in [1.29, 1.82) is 0 Å². The molecule has 0 bridgehead atoms. The first-order valence-corrected chi connectivity index (χ1v) is 9.50. The fraction of sp³-hybridized carbons (Fsp3) is 1.00. The Kier molecular flexibility index (Phi) is 2.74. The van der Waals surface area contributed by atoms with E-state index >= 15 is 0 Å². The Morgan fingerprint density at radius 3 is 1.91 bits per heavy atom. The van der Waals surface area contributed by atoms with E-state index in [1.807, 2.05) is 0 Å². The Morgan fingerprint density at radius 2 is 1.43 bits per heavy atom. The number of fused-ring (bicyclic) bond motifs is 3. The number of rotatable bonds is 6. The minimum Gasteiger partial charge on any atom is -0.370 e. The number of hydrogen-bond acceptors (Lipinski definition) is 5. The van der Waals surface area contributed by atoms with Crippen molar-refractivity contribution in [2.24, 2.45) is 5.41 Å². The Morgan fingerprint density at radius 1 is 0.783 bits per heavy atom. The number of ether oxygens (including phenoxy) is 5. The van der Waals surface area contributed by atoms with E-state index < -0.39 is 0 Å². The van der Waals surface area contributed by atoms with Gasteiger partial charge < -0.3 is 23.7 Å². The first-order valence-electron chi connectivity index (χ1n) is 9.50. The topological polar surface area (TPSA) is 56.0 Å². The Balaban J connectivity index is 1.14. The lowest BCUT2D eigenvalue weighted by Gasteiger charge is -2.36. The molecule has 6 unspecified atom stereocenters. The van der Waals surface area contributed by atoms with Gasteiger partial charge in [0, 0.05) is 18.3 Å². The molecule has 0 radical (unpaired) electrons. The standard InChI is InChI=1S/C18H26O5/c1-3-14-17(6-1,22-14)19-10-16(8-5-12-13(9-16)21-12)11-20-18-7-2-4-15(18)23-18/h12-15H,1-11H2. The molecule has 0 aromatic rings. The van der Waals surface area contributed by atoms with Gasteiger partial charge in [0.15, 0.2) is 11.6 Å². The van der Waals surface area contributed by atoms with Crippen LogP contribution >= 0.6 is 0 Å². The molecule has 3 aliphatic carbocycles. The van der Waals surface area contributed by atoms with E-state index in [0.717, 1.165) is 58.2 Å². The Hall–Kier alpha value is -0.200. The van der Waals surface area contributed by atoms with Crippen LogP contribution in [-0.2, 0) is 23.7 Å². The molecule has 0 amide bonds. The third-order valence-electron chi connectivity index (χ3n) is 7.06. The highest BCUT2D eigenvalue weighted by Gasteiger charge is 2.64. The maximum Gasteiger partial charge on any atom is 0.195 e. The van der Waals surface area contributed by atoms with Gasteiger partial charge in [-0.15, -0.1) is 0 Å². The van der Waals surface area contributed by atoms with Crippen molar-refractivity contribution in [3.8, 4) is 0 Å². The quantitative estimate of drug-likeness (QED) is 0.703. The summed E-state index contributed by atoms with van der Waals surface area (Å²) >= 11 is 0. The van der Waals surface area contributed by atoms with Gasteiger partial charge in [-0.3, -0.25) is 0 Å². The van der Waals surface area contributed by atoms with Crippen LogP contribution in [0.1, 0.15) is 57.8 Å². The molecular formula is C18H26O5. The molecule has 3 heterocycles. The van der Waals surface area contributed by atoms with Gasteiger partial charge in [-0.1, -0.05) is 0 Å². The van der Waals surface area contributed by atoms with Crippen molar-refractivity contribution < 1.29 is 23.7 Å². The van der Waals surface area contributed by atoms with Crippen molar-refractivity contribution in [1.82, 2.24) is 0 Å². The van der Waals surface area contributed by atoms with Gasteiger partial charge in [0.25, 0.3) is 0 Å². The predicted octanol–water partition coefficient (Wildman–Crippen LogP) is 2.52. The molecule has 5 nitrogen and oxygen atoms in total. The monoisotopic (exact) mass is 322 g/mol. The normalized spacial score (nSPS) is 58.4. The Bertz CT molecular complexity index is 492. The van der Waals surface area contributed by atoms with Gasteiger partial charge in [-0.05, 0) is 44.9 Å². The molecule has 0 N–H and O–H groups in total. The second kappa shape index (κ2) is 4.50. The van der Waals surface area contributed by atoms with Gasteiger partial charge in [0.2, 0.25) is 0 Å². The highest BCUT2D eigenvalue weighted by Crippen LogP contribution is 2.55. The lowest BCUT2D eigenvalue weighted by Crippen LogP contribution is -2.40. The van der Waals surface area contributed by atoms with Gasteiger partial charge in [0.1, 0.15) is 12.2 Å². The highest BCUT2D eigenvalue weighted by atomic mass is 16.8. The zero-order valence-corrected chi connectivity index (χ0v) is 13.6. The van der Waals surface area contributed by atoms with E-state index in [2.05, 4.69) is 0 Å². The molecule has 23 heavy (non-hydrogen) atoms. The first kappa shape index (κ1) is 14.0. The van der Waals surface area contributed by atoms with E-state index in [-0.39, 0.29) is 17.0 Å². The lowest BCUT2D eigenvalue weighted by atomic mass is 9.75. The summed E-state index contributed by atoms with van der Waals surface area (Å²) in [7, 11) is 0. The summed E-state index contributed by atoms with van der Waals surface area (Å²) in [5.41, 5.74) is 0.0827. The molecule has 3 saturated carbocycles. The molecule has 5 heteroatoms. The zero-order chi connectivity index (χ0) is 15.1. The molecule has 0 aromatic heterocycles. The van der Waals surface area contributed by atoms with Crippen molar-refractivity contribution >= 4 is 0 Å². The van der Waals surface area contributed by atoms with Gasteiger partial charge in [-0.2, -0.15) is 0 Å². The molecule has 3 aliphatic heterocycles. The molecule has 0 spiro atoms. The summed E-state index contributed by atoms with van der Waals surface area (Å²) in [6.07, 6.45) is 11.9. The van der Waals surface area contributed by atoms with Gasteiger partial charge >= 0.3 is 0 Å². The molecular weight excluding hydrogens is 296 g/mol. The number of epoxide rings is 3. The molecule has 0 aromatic carbocycles. The van der Waals surface area contributed by atoms with Crippen LogP contribution in [0.15, 0.2) is 0 Å². The highest BCUT2D eigenvalue weighted by molar-refractivity contribution is 5.05. The second-order valence-corrected chi connectivity index (χ2v) is 8.65. The minimum absolute atomic E-state index is 0.0827. The first-order chi connectivity index (χ1) is 11.2. The number of hydrogen-bond donors (Lipinski definition) is 0. The van der Waals surface area contributed by atoms with Crippen LogP contribution in [0.25, 0.3) is 0 Å². The summed E-state index contributed by atoms with van der Waals surface area (Å²) < 4.78 is 30.1. The SMILES string of the molecule is C1CC2OC2(OCC2(COC34CCCC3O4)CCC3OC3C2)C1. The van der Waals surface area contributed by atoms with Crippen molar-refractivity contribution in [2.75, 3.05) is 13.2 Å². The lowest BCUT2D eigenvalue weighted by molar-refractivity contribution is -0.139. The van der Waals surface area contributed by atoms with Crippen LogP contribution in [0.4, 0.5) is 0 Å². The molecule has 128 valence electrons. The maximum atomic E-state index is 6.34. The summed E-state index contributed by atoms with van der Waals surface area (Å²) in [6, 6.07) is 0. The maximum absolute atomic E-state index is 6.34. The van der Waals surface area contributed by atoms with Crippen LogP contribution in [0.2, 0.25) is 0 Å². The smallest absolute Gasteiger partial charge is 0.195 e. The molecule has 6 rings (SSSR count). The third-order valence-corrected chi connectivity index (χ3v) is 7.06. The summed E-state index contributed by atoms with van der Waals surface area (Å²) in [5.74, 6) is -0.475. The average molecular weight is 322 g/mol. The van der Waals surface area contributed by atoms with Crippen molar-refractivity contribution in [3.05, 3.63) is 0 Å². The van der Waals surface area contributed by atoms with E-state index in [1.165, 1.54) is 12.8 Å². The van der Waals surface area contributed by atoms with Crippen LogP contribution in [-0.4, -0.2) is 49.2 Å². The summed E-state index contributed by atoms with van der Waals surface area (Å²) in [6.45, 7) is 1.49.